The van der Waals surface area contributed by atoms with Crippen LogP contribution in [0.5, 0.6) is 0 Å². The summed E-state index contributed by atoms with van der Waals surface area (Å²) in [6.07, 6.45) is 3.56. The van der Waals surface area contributed by atoms with E-state index in [4.69, 9.17) is 0 Å². The molecule has 2 heterocycles. The molecule has 0 aliphatic carbocycles. The molecule has 5 nitrogen and oxygen atoms in total. The van der Waals surface area contributed by atoms with E-state index in [1.165, 1.54) is 0 Å². The minimum Gasteiger partial charge on any atom is -0.324 e. The van der Waals surface area contributed by atoms with Crippen molar-refractivity contribution in [1.29, 1.82) is 0 Å². The van der Waals surface area contributed by atoms with Crippen LogP contribution in [0.4, 0.5) is 5.69 Å². The predicted octanol–water partition coefficient (Wildman–Crippen LogP) is 1.50. The van der Waals surface area contributed by atoms with E-state index in [2.05, 4.69) is 20.8 Å². The first-order chi connectivity index (χ1) is 8.74. The van der Waals surface area contributed by atoms with Gasteiger partial charge in [0, 0.05) is 29.6 Å². The molecule has 5 heteroatoms. The Bertz CT molecular complexity index is 577. The molecule has 0 saturated carbocycles. The summed E-state index contributed by atoms with van der Waals surface area (Å²) in [5, 5.41) is 12.8. The Balaban J connectivity index is 1.80. The van der Waals surface area contributed by atoms with Crippen molar-refractivity contribution in [1.82, 2.24) is 15.5 Å². The molecule has 1 aromatic carbocycles. The Morgan fingerprint density at radius 3 is 3.11 bits per heavy atom. The summed E-state index contributed by atoms with van der Waals surface area (Å²) in [7, 11) is 0. The zero-order chi connectivity index (χ0) is 12.5. The Kier molecular flexibility index (Phi) is 2.60. The Morgan fingerprint density at radius 1 is 1.44 bits per heavy atom. The minimum atomic E-state index is -0.283. The lowest BCUT2D eigenvalue weighted by Crippen LogP contribution is -2.27. The van der Waals surface area contributed by atoms with E-state index in [1.54, 1.807) is 6.20 Å². The van der Waals surface area contributed by atoms with Crippen molar-refractivity contribution < 1.29 is 4.79 Å². The Morgan fingerprint density at radius 2 is 2.33 bits per heavy atom. The van der Waals surface area contributed by atoms with Crippen LogP contribution in [0.15, 0.2) is 30.6 Å². The number of carbonyl (C=O) groups excluding carboxylic acids is 1. The van der Waals surface area contributed by atoms with Crippen LogP contribution in [0.1, 0.15) is 22.7 Å². The molecule has 92 valence electrons. The average molecular weight is 242 g/mol. The van der Waals surface area contributed by atoms with Gasteiger partial charge in [-0.3, -0.25) is 15.2 Å². The van der Waals surface area contributed by atoms with E-state index in [9.17, 15) is 4.79 Å². The first-order valence-corrected chi connectivity index (χ1v) is 5.86. The molecule has 1 aliphatic rings. The number of nitrogens with one attached hydrogen (secondary N) is 3. The number of nitrogens with zero attached hydrogens (tertiary/aromatic N) is 1. The highest BCUT2D eigenvalue weighted by Gasteiger charge is 2.29. The van der Waals surface area contributed by atoms with E-state index in [-0.39, 0.29) is 11.9 Å². The first kappa shape index (κ1) is 11.0. The van der Waals surface area contributed by atoms with Crippen LogP contribution in [0.2, 0.25) is 0 Å². The number of aromatic amines is 1. The monoisotopic (exact) mass is 242 g/mol. The number of amides is 1. The van der Waals surface area contributed by atoms with Gasteiger partial charge in [0.25, 0.3) is 0 Å². The molecule has 0 saturated heterocycles. The standard InChI is InChI=1S/C13H14N4O/c1-8-2-3-11-10(4-8)12(13(18)17-11)14-5-9-6-15-16-7-9/h2-4,6-7,12,14H,5H2,1H3,(H,15,16)(H,17,18). The average Bonchev–Trinajstić information content (AvgIpc) is 2.94. The van der Waals surface area contributed by atoms with Crippen molar-refractivity contribution in [2.75, 3.05) is 5.32 Å². The van der Waals surface area contributed by atoms with Crippen molar-refractivity contribution in [3.63, 3.8) is 0 Å². The van der Waals surface area contributed by atoms with Gasteiger partial charge in [0.2, 0.25) is 5.91 Å². The van der Waals surface area contributed by atoms with Crippen molar-refractivity contribution in [2.45, 2.75) is 19.5 Å². The van der Waals surface area contributed by atoms with Crippen molar-refractivity contribution >= 4 is 11.6 Å². The lowest BCUT2D eigenvalue weighted by molar-refractivity contribution is -0.117. The van der Waals surface area contributed by atoms with Gasteiger partial charge in [-0.15, -0.1) is 0 Å². The van der Waals surface area contributed by atoms with Crippen LogP contribution in [0.3, 0.4) is 0 Å². The maximum atomic E-state index is 11.9. The van der Waals surface area contributed by atoms with E-state index in [1.807, 2.05) is 31.3 Å². The third kappa shape index (κ3) is 1.89. The van der Waals surface area contributed by atoms with E-state index in [0.717, 1.165) is 22.4 Å². The smallest absolute Gasteiger partial charge is 0.246 e. The van der Waals surface area contributed by atoms with Crippen LogP contribution in [-0.2, 0) is 11.3 Å². The van der Waals surface area contributed by atoms with E-state index in [0.29, 0.717) is 6.54 Å². The third-order valence-corrected chi connectivity index (χ3v) is 3.10. The minimum absolute atomic E-state index is 0.000838. The number of carbonyl (C=O) groups is 1. The molecule has 18 heavy (non-hydrogen) atoms. The van der Waals surface area contributed by atoms with Gasteiger partial charge >= 0.3 is 0 Å². The number of benzene rings is 1. The molecule has 0 bridgehead atoms. The van der Waals surface area contributed by atoms with Gasteiger partial charge in [-0.2, -0.15) is 5.10 Å². The second-order valence-electron chi connectivity index (χ2n) is 4.50. The lowest BCUT2D eigenvalue weighted by atomic mass is 10.1. The molecule has 1 amide bonds. The molecule has 2 aromatic rings. The summed E-state index contributed by atoms with van der Waals surface area (Å²) < 4.78 is 0. The molecule has 1 unspecified atom stereocenters. The Labute approximate surface area is 105 Å². The van der Waals surface area contributed by atoms with Crippen molar-refractivity contribution in [3.8, 4) is 0 Å². The lowest BCUT2D eigenvalue weighted by Gasteiger charge is -2.10. The molecular weight excluding hydrogens is 228 g/mol. The van der Waals surface area contributed by atoms with Gasteiger partial charge in [-0.1, -0.05) is 17.7 Å². The van der Waals surface area contributed by atoms with Crippen molar-refractivity contribution in [3.05, 3.63) is 47.3 Å². The van der Waals surface area contributed by atoms with E-state index < -0.39 is 0 Å². The maximum absolute atomic E-state index is 11.9. The molecule has 0 fully saturated rings. The number of rotatable bonds is 3. The van der Waals surface area contributed by atoms with Crippen LogP contribution in [0, 0.1) is 6.92 Å². The first-order valence-electron chi connectivity index (χ1n) is 5.86. The normalized spacial score (nSPS) is 17.6. The molecule has 0 spiro atoms. The summed E-state index contributed by atoms with van der Waals surface area (Å²) in [4.78, 5) is 11.9. The van der Waals surface area contributed by atoms with Crippen LogP contribution >= 0.6 is 0 Å². The van der Waals surface area contributed by atoms with Crippen LogP contribution in [-0.4, -0.2) is 16.1 Å². The number of aromatic nitrogens is 2. The van der Waals surface area contributed by atoms with Crippen molar-refractivity contribution in [2.24, 2.45) is 0 Å². The molecule has 1 atom stereocenters. The fourth-order valence-electron chi connectivity index (χ4n) is 2.18. The SMILES string of the molecule is Cc1ccc2c(c1)C(NCc1cn[nH]c1)C(=O)N2. The summed E-state index contributed by atoms with van der Waals surface area (Å²) in [6.45, 7) is 2.64. The topological polar surface area (TPSA) is 69.8 Å². The van der Waals surface area contributed by atoms with Crippen LogP contribution < -0.4 is 10.6 Å². The largest absolute Gasteiger partial charge is 0.324 e. The van der Waals surface area contributed by atoms with Gasteiger partial charge in [-0.25, -0.2) is 0 Å². The molecule has 0 radical (unpaired) electrons. The number of fused-ring (bicyclic) bond motifs is 1. The zero-order valence-corrected chi connectivity index (χ0v) is 10.0. The number of hydrogen-bond acceptors (Lipinski definition) is 3. The number of H-pyrrole nitrogens is 1. The molecule has 1 aliphatic heterocycles. The van der Waals surface area contributed by atoms with Crippen LogP contribution in [0.25, 0.3) is 0 Å². The van der Waals surface area contributed by atoms with Gasteiger partial charge < -0.3 is 5.32 Å². The second-order valence-corrected chi connectivity index (χ2v) is 4.50. The van der Waals surface area contributed by atoms with E-state index >= 15 is 0 Å². The number of hydrogen-bond donors (Lipinski definition) is 3. The van der Waals surface area contributed by atoms with Gasteiger partial charge in [0.1, 0.15) is 6.04 Å². The maximum Gasteiger partial charge on any atom is 0.246 e. The number of aryl methyl sites for hydroxylation is 1. The highest BCUT2D eigenvalue weighted by Crippen LogP contribution is 2.31. The summed E-state index contributed by atoms with van der Waals surface area (Å²) in [5.41, 5.74) is 4.10. The molecule has 3 rings (SSSR count). The zero-order valence-electron chi connectivity index (χ0n) is 10.0. The fourth-order valence-corrected chi connectivity index (χ4v) is 2.18. The fraction of sp³-hybridized carbons (Fsp3) is 0.231. The molecule has 3 N–H and O–H groups in total. The molecular formula is C13H14N4O. The van der Waals surface area contributed by atoms with Gasteiger partial charge in [-0.05, 0) is 13.0 Å². The summed E-state index contributed by atoms with van der Waals surface area (Å²) in [6, 6.07) is 5.70. The van der Waals surface area contributed by atoms with Gasteiger partial charge in [0.05, 0.1) is 6.20 Å². The predicted molar refractivity (Wildman–Crippen MR) is 68.0 cm³/mol. The highest BCUT2D eigenvalue weighted by atomic mass is 16.2. The Hall–Kier alpha value is -2.14. The summed E-state index contributed by atoms with van der Waals surface area (Å²) in [5.74, 6) is -0.000838. The number of anilines is 1. The molecule has 1 aromatic heterocycles. The summed E-state index contributed by atoms with van der Waals surface area (Å²) >= 11 is 0. The second kappa shape index (κ2) is 4.27. The highest BCUT2D eigenvalue weighted by molar-refractivity contribution is 6.02. The quantitative estimate of drug-likeness (QED) is 0.764. The van der Waals surface area contributed by atoms with Gasteiger partial charge in [0.15, 0.2) is 0 Å². The third-order valence-electron chi connectivity index (χ3n) is 3.10.